The maximum absolute atomic E-state index is 11.8. The zero-order valence-corrected chi connectivity index (χ0v) is 27.5. The molecule has 0 aromatic heterocycles. The molecule has 3 rings (SSSR count). The molecular formula is C30H53NO17. The monoisotopic (exact) mass is 699 g/mol. The largest absolute Gasteiger partial charge is 0.469 e. The molecule has 0 aliphatic carbocycles. The number of rotatable bonds is 17. The van der Waals surface area contributed by atoms with Gasteiger partial charge in [-0.05, 0) is 19.8 Å². The molecule has 18 heteroatoms. The summed E-state index contributed by atoms with van der Waals surface area (Å²) in [5.74, 6) is -0.845. The normalized spacial score (nSPS) is 40.4. The van der Waals surface area contributed by atoms with Crippen molar-refractivity contribution in [3.63, 3.8) is 0 Å². The zero-order chi connectivity index (χ0) is 35.5. The van der Waals surface area contributed by atoms with Crippen LogP contribution >= 0.6 is 0 Å². The second kappa shape index (κ2) is 19.7. The molecule has 48 heavy (non-hydrogen) atoms. The Balaban J connectivity index is 1.59. The number of carbonyl (C=O) groups excluding carboxylic acids is 2. The van der Waals surface area contributed by atoms with Crippen LogP contribution in [0.25, 0.3) is 0 Å². The quantitative estimate of drug-likeness (QED) is 0.0527. The fourth-order valence-corrected chi connectivity index (χ4v) is 5.78. The highest BCUT2D eigenvalue weighted by Gasteiger charge is 2.52. The first-order valence-corrected chi connectivity index (χ1v) is 16.4. The van der Waals surface area contributed by atoms with E-state index >= 15 is 0 Å². The number of methoxy groups -OCH3 is 1. The van der Waals surface area contributed by atoms with Crippen LogP contribution in [0.1, 0.15) is 58.8 Å². The molecule has 9 N–H and O–H groups in total. The van der Waals surface area contributed by atoms with Gasteiger partial charge in [0.15, 0.2) is 18.9 Å². The molecule has 1 amide bonds. The third kappa shape index (κ3) is 10.9. The van der Waals surface area contributed by atoms with Gasteiger partial charge >= 0.3 is 5.97 Å². The minimum Gasteiger partial charge on any atom is -0.469 e. The van der Waals surface area contributed by atoms with E-state index in [1.165, 1.54) is 14.0 Å². The molecule has 0 aromatic rings. The predicted octanol–water partition coefficient (Wildman–Crippen LogP) is -3.47. The first kappa shape index (κ1) is 40.8. The van der Waals surface area contributed by atoms with Gasteiger partial charge in [-0.1, -0.05) is 25.7 Å². The van der Waals surface area contributed by atoms with E-state index in [1.807, 2.05) is 0 Å². The summed E-state index contributed by atoms with van der Waals surface area (Å²) >= 11 is 0. The summed E-state index contributed by atoms with van der Waals surface area (Å²) in [4.78, 5) is 23.0. The van der Waals surface area contributed by atoms with E-state index in [9.17, 15) is 50.4 Å². The van der Waals surface area contributed by atoms with Gasteiger partial charge in [-0.15, -0.1) is 0 Å². The van der Waals surface area contributed by atoms with E-state index in [-0.39, 0.29) is 12.6 Å². The molecule has 0 aromatic carbocycles. The summed E-state index contributed by atoms with van der Waals surface area (Å²) in [6.07, 6.45) is -15.4. The van der Waals surface area contributed by atoms with Crippen LogP contribution in [-0.4, -0.2) is 172 Å². The number of carbonyl (C=O) groups is 2. The highest BCUT2D eigenvalue weighted by atomic mass is 16.8. The number of esters is 1. The van der Waals surface area contributed by atoms with E-state index < -0.39 is 111 Å². The van der Waals surface area contributed by atoms with Gasteiger partial charge in [0.2, 0.25) is 5.91 Å². The molecule has 3 heterocycles. The van der Waals surface area contributed by atoms with E-state index in [0.717, 1.165) is 39.0 Å². The summed E-state index contributed by atoms with van der Waals surface area (Å²) in [6, 6.07) is -1.37. The Morgan fingerprint density at radius 1 is 0.688 bits per heavy atom. The van der Waals surface area contributed by atoms with Crippen molar-refractivity contribution in [3.05, 3.63) is 0 Å². The average molecular weight is 700 g/mol. The van der Waals surface area contributed by atoms with Gasteiger partial charge in [0.25, 0.3) is 0 Å². The van der Waals surface area contributed by atoms with Gasteiger partial charge in [-0.25, -0.2) is 0 Å². The Morgan fingerprint density at radius 2 is 1.31 bits per heavy atom. The molecule has 15 atom stereocenters. The molecule has 0 saturated carbocycles. The fraction of sp³-hybridized carbons (Fsp3) is 0.933. The van der Waals surface area contributed by atoms with Gasteiger partial charge in [-0.3, -0.25) is 9.59 Å². The summed E-state index contributed by atoms with van der Waals surface area (Å²) < 4.78 is 39.0. The lowest BCUT2D eigenvalue weighted by Gasteiger charge is -2.47. The van der Waals surface area contributed by atoms with Crippen molar-refractivity contribution in [2.24, 2.45) is 0 Å². The van der Waals surface area contributed by atoms with E-state index in [1.54, 1.807) is 0 Å². The number of amides is 1. The fourth-order valence-electron chi connectivity index (χ4n) is 5.78. The smallest absolute Gasteiger partial charge is 0.305 e. The molecule has 18 nitrogen and oxygen atoms in total. The highest BCUT2D eigenvalue weighted by molar-refractivity contribution is 5.73. The van der Waals surface area contributed by atoms with Crippen LogP contribution in [0.15, 0.2) is 0 Å². The van der Waals surface area contributed by atoms with Crippen LogP contribution in [0, 0.1) is 0 Å². The predicted molar refractivity (Wildman–Crippen MR) is 160 cm³/mol. The number of ether oxygens (including phenoxy) is 7. The van der Waals surface area contributed by atoms with Gasteiger partial charge in [-0.2, -0.15) is 0 Å². The van der Waals surface area contributed by atoms with Crippen molar-refractivity contribution >= 4 is 11.9 Å². The molecule has 0 unspecified atom stereocenters. The molecular weight excluding hydrogens is 646 g/mol. The molecule has 3 saturated heterocycles. The van der Waals surface area contributed by atoms with Crippen LogP contribution in [0.5, 0.6) is 0 Å². The van der Waals surface area contributed by atoms with Crippen molar-refractivity contribution in [2.75, 3.05) is 26.9 Å². The van der Waals surface area contributed by atoms with E-state index in [4.69, 9.17) is 28.4 Å². The molecule has 0 radical (unpaired) electrons. The first-order chi connectivity index (χ1) is 22.8. The molecule has 3 aliphatic heterocycles. The van der Waals surface area contributed by atoms with Crippen molar-refractivity contribution in [1.29, 1.82) is 0 Å². The number of nitrogens with one attached hydrogen (secondary N) is 1. The Morgan fingerprint density at radius 3 is 1.96 bits per heavy atom. The Labute approximate surface area is 278 Å². The second-order valence-electron chi connectivity index (χ2n) is 12.4. The number of hydrogen-bond donors (Lipinski definition) is 9. The Kier molecular flexibility index (Phi) is 16.7. The Hall–Kier alpha value is -1.62. The lowest BCUT2D eigenvalue weighted by Crippen LogP contribution is -2.67. The standard InChI is InChI=1S/C30H53NO17/c1-14-20(35)25(40)27(48-28-19(31-15(2)33)23(38)21(36)16(12-32)46-28)30(45-14)44-13-17-22(37)24(39)26(41)29(47-17)43-11-9-7-5-4-6-8-10-18(34)42-3/h14,16-17,19-30,32,35-41H,4-13H2,1-3H3,(H,31,33)/t14-,16-,17-,19+,20-,21-,22-,23-,24+,25+,26-,27+,28+,29+,30-/m1/s1. The molecule has 0 spiro atoms. The summed E-state index contributed by atoms with van der Waals surface area (Å²) in [5.41, 5.74) is 0. The number of aliphatic hydroxyl groups excluding tert-OH is 8. The SMILES string of the molecule is COC(=O)CCCCCCCCO[C@H]1O[C@H](CO[C@@H]2O[C@H](C)[C@@H](O)[C@H](O)[C@@H]2O[C@@H]2O[C@H](CO)[C@@H](O)[C@H](O)[C@@H]2NC(C)=O)[C@@H](O)[C@H](O)[C@H]1O. The van der Waals surface area contributed by atoms with Crippen molar-refractivity contribution in [2.45, 2.75) is 151 Å². The van der Waals surface area contributed by atoms with Crippen LogP contribution < -0.4 is 5.32 Å². The van der Waals surface area contributed by atoms with Gasteiger partial charge in [0.05, 0.1) is 26.4 Å². The van der Waals surface area contributed by atoms with Crippen molar-refractivity contribution in [3.8, 4) is 0 Å². The lowest BCUT2D eigenvalue weighted by atomic mass is 9.96. The number of hydrogen-bond acceptors (Lipinski definition) is 17. The van der Waals surface area contributed by atoms with Crippen molar-refractivity contribution in [1.82, 2.24) is 5.32 Å². The Bertz CT molecular complexity index is 978. The van der Waals surface area contributed by atoms with E-state index in [2.05, 4.69) is 10.1 Å². The van der Waals surface area contributed by atoms with Gasteiger partial charge < -0.3 is 79.3 Å². The minimum absolute atomic E-state index is 0.190. The number of aliphatic hydroxyl groups is 8. The van der Waals surface area contributed by atoms with Crippen LogP contribution in [0.2, 0.25) is 0 Å². The summed E-state index contributed by atoms with van der Waals surface area (Å²) in [7, 11) is 1.36. The second-order valence-corrected chi connectivity index (χ2v) is 12.4. The van der Waals surface area contributed by atoms with Crippen LogP contribution in [-0.2, 0) is 42.7 Å². The molecule has 3 aliphatic rings. The maximum atomic E-state index is 11.8. The van der Waals surface area contributed by atoms with Crippen LogP contribution in [0.4, 0.5) is 0 Å². The van der Waals surface area contributed by atoms with E-state index in [0.29, 0.717) is 12.8 Å². The third-order valence-corrected chi connectivity index (χ3v) is 8.70. The minimum atomic E-state index is -1.66. The zero-order valence-electron chi connectivity index (χ0n) is 27.5. The van der Waals surface area contributed by atoms with Gasteiger partial charge in [0.1, 0.15) is 67.1 Å². The summed E-state index contributed by atoms with van der Waals surface area (Å²) in [6.45, 7) is 1.60. The number of unbranched alkanes of at least 4 members (excludes halogenated alkanes) is 5. The first-order valence-electron chi connectivity index (χ1n) is 16.4. The van der Waals surface area contributed by atoms with Crippen LogP contribution in [0.3, 0.4) is 0 Å². The van der Waals surface area contributed by atoms with Crippen molar-refractivity contribution < 1.29 is 83.6 Å². The summed E-state index contributed by atoms with van der Waals surface area (Å²) in [5, 5.41) is 86.0. The average Bonchev–Trinajstić information content (AvgIpc) is 3.06. The highest BCUT2D eigenvalue weighted by Crippen LogP contribution is 2.31. The topological polar surface area (TPSA) is 273 Å². The van der Waals surface area contributed by atoms with Gasteiger partial charge in [0, 0.05) is 20.0 Å². The lowest BCUT2D eigenvalue weighted by molar-refractivity contribution is -0.360. The third-order valence-electron chi connectivity index (χ3n) is 8.70. The molecule has 280 valence electrons. The maximum Gasteiger partial charge on any atom is 0.305 e. The molecule has 0 bridgehead atoms. The molecule has 3 fully saturated rings.